The molecular formula is C16H18N4OS2. The molecular weight excluding hydrogens is 328 g/mol. The van der Waals surface area contributed by atoms with E-state index >= 15 is 0 Å². The van der Waals surface area contributed by atoms with E-state index in [0.29, 0.717) is 11.3 Å². The lowest BCUT2D eigenvalue weighted by molar-refractivity contribution is 0.711. The number of aromatic amines is 1. The lowest BCUT2D eigenvalue weighted by Crippen LogP contribution is -2.22. The first kappa shape index (κ1) is 14.8. The molecule has 3 aromatic rings. The van der Waals surface area contributed by atoms with Crippen LogP contribution in [0.4, 0.5) is 0 Å². The van der Waals surface area contributed by atoms with Crippen LogP contribution in [0.5, 0.6) is 0 Å². The lowest BCUT2D eigenvalue weighted by atomic mass is 10.1. The van der Waals surface area contributed by atoms with Crippen LogP contribution in [0.2, 0.25) is 0 Å². The van der Waals surface area contributed by atoms with Crippen molar-refractivity contribution in [2.45, 2.75) is 38.6 Å². The van der Waals surface area contributed by atoms with Gasteiger partial charge in [0.05, 0.1) is 18.1 Å². The largest absolute Gasteiger partial charge is 0.323 e. The fourth-order valence-corrected chi connectivity index (χ4v) is 4.92. The van der Waals surface area contributed by atoms with Gasteiger partial charge in [0, 0.05) is 23.7 Å². The average Bonchev–Trinajstić information content (AvgIpc) is 2.99. The molecule has 0 fully saturated rings. The lowest BCUT2D eigenvalue weighted by Gasteiger charge is -2.06. The van der Waals surface area contributed by atoms with Crippen molar-refractivity contribution in [2.24, 2.45) is 7.05 Å². The number of fused-ring (bicyclic) bond motifs is 3. The van der Waals surface area contributed by atoms with E-state index in [9.17, 15) is 4.79 Å². The number of thiophene rings is 1. The molecule has 0 saturated carbocycles. The third-order valence-corrected chi connectivity index (χ3v) is 5.97. The first-order valence-corrected chi connectivity index (χ1v) is 9.11. The van der Waals surface area contributed by atoms with Gasteiger partial charge >= 0.3 is 0 Å². The highest BCUT2D eigenvalue weighted by Crippen LogP contribution is 2.32. The predicted molar refractivity (Wildman–Crippen MR) is 94.8 cm³/mol. The van der Waals surface area contributed by atoms with E-state index in [1.807, 2.05) is 13.2 Å². The number of rotatable bonds is 2. The van der Waals surface area contributed by atoms with Crippen molar-refractivity contribution in [1.82, 2.24) is 19.3 Å². The number of nitrogens with one attached hydrogen (secondary N) is 1. The number of hydrogen-bond donors (Lipinski definition) is 1. The molecule has 1 aliphatic rings. The average molecular weight is 346 g/mol. The summed E-state index contributed by atoms with van der Waals surface area (Å²) in [6.07, 6.45) is 9.40. The molecule has 0 amide bonds. The fourth-order valence-electron chi connectivity index (χ4n) is 3.33. The summed E-state index contributed by atoms with van der Waals surface area (Å²) in [5.74, 6) is 0. The second kappa shape index (κ2) is 5.72. The maximum absolute atomic E-state index is 13.1. The van der Waals surface area contributed by atoms with Gasteiger partial charge in [0.1, 0.15) is 4.83 Å². The summed E-state index contributed by atoms with van der Waals surface area (Å²) in [7, 11) is 1.87. The molecule has 7 heteroatoms. The van der Waals surface area contributed by atoms with E-state index in [4.69, 9.17) is 12.2 Å². The van der Waals surface area contributed by atoms with Crippen molar-refractivity contribution in [3.63, 3.8) is 0 Å². The Morgan fingerprint density at radius 2 is 2.17 bits per heavy atom. The van der Waals surface area contributed by atoms with Gasteiger partial charge in [-0.2, -0.15) is 5.10 Å². The maximum Gasteiger partial charge on any atom is 0.263 e. The van der Waals surface area contributed by atoms with Crippen LogP contribution in [-0.2, 0) is 26.4 Å². The van der Waals surface area contributed by atoms with E-state index in [0.717, 1.165) is 35.0 Å². The number of nitrogens with zero attached hydrogens (tertiary/aromatic N) is 3. The van der Waals surface area contributed by atoms with Crippen LogP contribution in [0.3, 0.4) is 0 Å². The Morgan fingerprint density at radius 1 is 1.35 bits per heavy atom. The molecule has 0 spiro atoms. The molecule has 5 nitrogen and oxygen atoms in total. The standard InChI is InChI=1S/C16H18N4OS2/c1-19-8-10(7-17-19)9-20-15(21)13-11-5-3-2-4-6-12(11)23-14(13)18-16(20)22/h7-8H,2-6,9H2,1H3,(H,18,22). The molecule has 0 atom stereocenters. The molecule has 1 aliphatic carbocycles. The van der Waals surface area contributed by atoms with Crippen LogP contribution in [-0.4, -0.2) is 19.3 Å². The Balaban J connectivity index is 1.90. The molecule has 3 heterocycles. The van der Waals surface area contributed by atoms with Gasteiger partial charge < -0.3 is 4.98 Å². The van der Waals surface area contributed by atoms with Gasteiger partial charge in [-0.1, -0.05) is 6.42 Å². The zero-order chi connectivity index (χ0) is 16.0. The van der Waals surface area contributed by atoms with Gasteiger partial charge in [-0.3, -0.25) is 14.0 Å². The SMILES string of the molecule is Cn1cc(Cn2c(=S)[nH]c3sc4c(c3c2=O)CCCCC4)cn1. The molecule has 0 saturated heterocycles. The van der Waals surface area contributed by atoms with Crippen LogP contribution in [0, 0.1) is 4.77 Å². The highest BCUT2D eigenvalue weighted by molar-refractivity contribution is 7.71. The van der Waals surface area contributed by atoms with Crippen molar-refractivity contribution in [2.75, 3.05) is 0 Å². The molecule has 120 valence electrons. The van der Waals surface area contributed by atoms with Gasteiger partial charge in [0.15, 0.2) is 4.77 Å². The van der Waals surface area contributed by atoms with Gasteiger partial charge in [0.25, 0.3) is 5.56 Å². The fraction of sp³-hybridized carbons (Fsp3) is 0.438. The Kier molecular flexibility index (Phi) is 3.69. The van der Waals surface area contributed by atoms with Gasteiger partial charge in [0.2, 0.25) is 0 Å². The summed E-state index contributed by atoms with van der Waals surface area (Å²) >= 11 is 7.14. The monoisotopic (exact) mass is 346 g/mol. The normalized spacial score (nSPS) is 14.8. The molecule has 4 rings (SSSR count). The van der Waals surface area contributed by atoms with Crippen molar-refractivity contribution in [3.8, 4) is 0 Å². The predicted octanol–water partition coefficient (Wildman–Crippen LogP) is 3.17. The second-order valence-corrected chi connectivity index (χ2v) is 7.60. The molecule has 23 heavy (non-hydrogen) atoms. The summed E-state index contributed by atoms with van der Waals surface area (Å²) in [5.41, 5.74) is 2.26. The van der Waals surface area contributed by atoms with E-state index < -0.39 is 0 Å². The Hall–Kier alpha value is -1.73. The summed E-state index contributed by atoms with van der Waals surface area (Å²) in [4.78, 5) is 18.6. The van der Waals surface area contributed by atoms with Gasteiger partial charge in [-0.05, 0) is 43.5 Å². The number of H-pyrrole nitrogens is 1. The summed E-state index contributed by atoms with van der Waals surface area (Å²) < 4.78 is 3.89. The molecule has 0 aromatic carbocycles. The number of aryl methyl sites for hydroxylation is 3. The van der Waals surface area contributed by atoms with Crippen molar-refractivity contribution >= 4 is 33.8 Å². The van der Waals surface area contributed by atoms with Crippen molar-refractivity contribution < 1.29 is 0 Å². The zero-order valence-corrected chi connectivity index (χ0v) is 14.6. The summed E-state index contributed by atoms with van der Waals surface area (Å²) in [6.45, 7) is 0.461. The minimum absolute atomic E-state index is 0.0343. The number of aromatic nitrogens is 4. The van der Waals surface area contributed by atoms with Crippen LogP contribution >= 0.6 is 23.6 Å². The van der Waals surface area contributed by atoms with Gasteiger partial charge in [-0.25, -0.2) is 0 Å². The quantitative estimate of drug-likeness (QED) is 0.573. The maximum atomic E-state index is 13.1. The first-order chi connectivity index (χ1) is 11.1. The molecule has 0 bridgehead atoms. The van der Waals surface area contributed by atoms with Crippen LogP contribution in [0.1, 0.15) is 35.3 Å². The topological polar surface area (TPSA) is 55.6 Å². The molecule has 1 N–H and O–H groups in total. The van der Waals surface area contributed by atoms with Crippen LogP contribution < -0.4 is 5.56 Å². The summed E-state index contributed by atoms with van der Waals surface area (Å²) in [6, 6.07) is 0. The summed E-state index contributed by atoms with van der Waals surface area (Å²) in [5, 5.41) is 5.02. The third kappa shape index (κ3) is 2.57. The molecule has 0 unspecified atom stereocenters. The van der Waals surface area contributed by atoms with E-state index in [-0.39, 0.29) is 5.56 Å². The minimum atomic E-state index is 0.0343. The Labute approximate surface area is 142 Å². The van der Waals surface area contributed by atoms with Crippen molar-refractivity contribution in [3.05, 3.63) is 43.5 Å². The first-order valence-electron chi connectivity index (χ1n) is 7.88. The minimum Gasteiger partial charge on any atom is -0.323 e. The van der Waals surface area contributed by atoms with Crippen LogP contribution in [0.15, 0.2) is 17.2 Å². The Bertz CT molecular complexity index is 992. The second-order valence-electron chi connectivity index (χ2n) is 6.11. The highest BCUT2D eigenvalue weighted by Gasteiger charge is 2.19. The van der Waals surface area contributed by atoms with Gasteiger partial charge in [-0.15, -0.1) is 11.3 Å². The van der Waals surface area contributed by atoms with E-state index in [1.165, 1.54) is 23.3 Å². The molecule has 0 aliphatic heterocycles. The smallest absolute Gasteiger partial charge is 0.263 e. The molecule has 0 radical (unpaired) electrons. The van der Waals surface area contributed by atoms with E-state index in [1.54, 1.807) is 26.8 Å². The van der Waals surface area contributed by atoms with E-state index in [2.05, 4.69) is 10.1 Å². The number of hydrogen-bond acceptors (Lipinski definition) is 4. The van der Waals surface area contributed by atoms with Crippen LogP contribution in [0.25, 0.3) is 10.2 Å². The highest BCUT2D eigenvalue weighted by atomic mass is 32.1. The Morgan fingerprint density at radius 3 is 2.96 bits per heavy atom. The third-order valence-electron chi connectivity index (χ3n) is 4.44. The van der Waals surface area contributed by atoms with Crippen molar-refractivity contribution in [1.29, 1.82) is 0 Å². The molecule has 3 aromatic heterocycles. The zero-order valence-electron chi connectivity index (χ0n) is 13.0.